The van der Waals surface area contributed by atoms with E-state index in [1.807, 2.05) is 18.2 Å². The van der Waals surface area contributed by atoms with Crippen LogP contribution in [-0.2, 0) is 13.3 Å². The molecule has 1 rings (SSSR count). The van der Waals surface area contributed by atoms with Gasteiger partial charge in [-0.3, -0.25) is 0 Å². The molecule has 4 nitrogen and oxygen atoms in total. The van der Waals surface area contributed by atoms with Crippen LogP contribution in [0, 0.1) is 0 Å². The van der Waals surface area contributed by atoms with Gasteiger partial charge in [0.15, 0.2) is 0 Å². The molecule has 0 spiro atoms. The van der Waals surface area contributed by atoms with E-state index in [2.05, 4.69) is 22.9 Å². The van der Waals surface area contributed by atoms with Gasteiger partial charge in [-0.1, -0.05) is 19.1 Å². The fourth-order valence-electron chi connectivity index (χ4n) is 1.68. The Balaban J connectivity index is 3.24. The van der Waals surface area contributed by atoms with Gasteiger partial charge in [-0.2, -0.15) is 0 Å². The first-order valence-electron chi connectivity index (χ1n) is 5.72. The zero-order valence-corrected chi connectivity index (χ0v) is 13.7. The normalized spacial score (nSPS) is 11.6. The van der Waals surface area contributed by atoms with Crippen LogP contribution in [-0.4, -0.2) is 36.7 Å². The van der Waals surface area contributed by atoms with Crippen molar-refractivity contribution in [1.82, 2.24) is 0 Å². The van der Waals surface area contributed by atoms with Crippen LogP contribution < -0.4 is 9.92 Å². The van der Waals surface area contributed by atoms with E-state index in [-0.39, 0.29) is 0 Å². The van der Waals surface area contributed by atoms with Gasteiger partial charge >= 0.3 is 8.80 Å². The van der Waals surface area contributed by atoms with Gasteiger partial charge < -0.3 is 18.0 Å². The van der Waals surface area contributed by atoms with Gasteiger partial charge in [0.25, 0.3) is 0 Å². The highest BCUT2D eigenvalue weighted by Gasteiger charge is 2.44. The number of benzene rings is 1. The molecule has 6 heteroatoms. The molecule has 1 aromatic rings. The minimum atomic E-state index is -2.87. The number of para-hydroxylation sites is 1. The number of hydrogen-bond acceptors (Lipinski definition) is 4. The lowest BCUT2D eigenvalue weighted by Gasteiger charge is -2.26. The molecular weight excluding hydrogens is 316 g/mol. The fraction of sp³-hybridized carbons (Fsp3) is 0.500. The van der Waals surface area contributed by atoms with E-state index < -0.39 is 8.80 Å². The Hall–Kier alpha value is -0.403. The third-order valence-electron chi connectivity index (χ3n) is 2.55. The molecule has 0 aliphatic heterocycles. The molecular formula is C12H19BrO4Si. The van der Waals surface area contributed by atoms with E-state index in [1.54, 1.807) is 21.3 Å². The average molecular weight is 335 g/mol. The summed E-state index contributed by atoms with van der Waals surface area (Å²) in [7, 11) is 1.89. The molecule has 0 saturated heterocycles. The van der Waals surface area contributed by atoms with Gasteiger partial charge in [0.2, 0.25) is 0 Å². The molecule has 0 aliphatic carbocycles. The lowest BCUT2D eigenvalue weighted by atomic mass is 10.3. The van der Waals surface area contributed by atoms with Crippen molar-refractivity contribution < 1.29 is 18.0 Å². The molecule has 18 heavy (non-hydrogen) atoms. The predicted molar refractivity (Wildman–Crippen MR) is 76.3 cm³/mol. The maximum Gasteiger partial charge on any atom is 0.540 e. The van der Waals surface area contributed by atoms with Gasteiger partial charge in [-0.25, -0.2) is 0 Å². The standard InChI is InChI=1S/C12H19BrO4Si/c1-5-9-17-12-10(13)7-6-8-11(12)18(14-2,15-3)16-4/h6-8H,5,9H2,1-4H3. The first-order chi connectivity index (χ1) is 8.65. The molecule has 102 valence electrons. The highest BCUT2D eigenvalue weighted by molar-refractivity contribution is 9.10. The largest absolute Gasteiger partial charge is 0.540 e. The van der Waals surface area contributed by atoms with Crippen molar-refractivity contribution in [1.29, 1.82) is 0 Å². The smallest absolute Gasteiger partial charge is 0.492 e. The monoisotopic (exact) mass is 334 g/mol. The molecule has 0 aliphatic rings. The highest BCUT2D eigenvalue weighted by Crippen LogP contribution is 2.26. The van der Waals surface area contributed by atoms with Crippen molar-refractivity contribution in [2.75, 3.05) is 27.9 Å². The molecule has 0 unspecified atom stereocenters. The van der Waals surface area contributed by atoms with Crippen LogP contribution in [0.25, 0.3) is 0 Å². The summed E-state index contributed by atoms with van der Waals surface area (Å²) in [5.74, 6) is 0.733. The average Bonchev–Trinajstić information content (AvgIpc) is 2.40. The summed E-state index contributed by atoms with van der Waals surface area (Å²) < 4.78 is 23.1. The Labute approximate surface area is 118 Å². The zero-order valence-electron chi connectivity index (χ0n) is 11.2. The van der Waals surface area contributed by atoms with E-state index >= 15 is 0 Å². The second-order valence-corrected chi connectivity index (χ2v) is 7.36. The van der Waals surface area contributed by atoms with Crippen molar-refractivity contribution in [2.24, 2.45) is 0 Å². The van der Waals surface area contributed by atoms with Crippen LogP contribution in [0.3, 0.4) is 0 Å². The maximum atomic E-state index is 5.78. The SMILES string of the molecule is CCCOc1c(Br)cccc1[Si](OC)(OC)OC. The molecule has 1 aromatic carbocycles. The third kappa shape index (κ3) is 3.13. The zero-order chi connectivity index (χ0) is 13.6. The van der Waals surface area contributed by atoms with E-state index in [9.17, 15) is 0 Å². The first kappa shape index (κ1) is 15.7. The Morgan fingerprint density at radius 2 is 1.72 bits per heavy atom. The van der Waals surface area contributed by atoms with Crippen LogP contribution in [0.5, 0.6) is 5.75 Å². The van der Waals surface area contributed by atoms with Crippen molar-refractivity contribution in [3.8, 4) is 5.75 Å². The van der Waals surface area contributed by atoms with E-state index in [4.69, 9.17) is 18.0 Å². The first-order valence-corrected chi connectivity index (χ1v) is 8.24. The Morgan fingerprint density at radius 3 is 2.22 bits per heavy atom. The Bertz CT molecular complexity index is 374. The second kappa shape index (κ2) is 7.25. The van der Waals surface area contributed by atoms with Crippen molar-refractivity contribution in [2.45, 2.75) is 13.3 Å². The minimum absolute atomic E-state index is 0.636. The Kier molecular flexibility index (Phi) is 6.31. The second-order valence-electron chi connectivity index (χ2n) is 3.63. The number of ether oxygens (including phenoxy) is 1. The summed E-state index contributed by atoms with van der Waals surface area (Å²) in [6.45, 7) is 2.70. The van der Waals surface area contributed by atoms with Crippen LogP contribution in [0.2, 0.25) is 0 Å². The van der Waals surface area contributed by atoms with Crippen molar-refractivity contribution >= 4 is 29.9 Å². The summed E-state index contributed by atoms with van der Waals surface area (Å²) >= 11 is 3.49. The quantitative estimate of drug-likeness (QED) is 0.717. The molecule has 0 amide bonds. The molecule has 0 bridgehead atoms. The van der Waals surface area contributed by atoms with Gasteiger partial charge in [0.1, 0.15) is 5.75 Å². The van der Waals surface area contributed by atoms with Gasteiger partial charge in [-0.15, -0.1) is 0 Å². The molecule has 0 N–H and O–H groups in total. The molecule has 0 radical (unpaired) electrons. The van der Waals surface area contributed by atoms with Crippen LogP contribution in [0.4, 0.5) is 0 Å². The summed E-state index contributed by atoms with van der Waals surface area (Å²) in [6.07, 6.45) is 0.933. The highest BCUT2D eigenvalue weighted by atomic mass is 79.9. The lowest BCUT2D eigenvalue weighted by Crippen LogP contribution is -2.55. The topological polar surface area (TPSA) is 36.9 Å². The van der Waals surface area contributed by atoms with Crippen LogP contribution >= 0.6 is 15.9 Å². The summed E-state index contributed by atoms with van der Waals surface area (Å²) in [6, 6.07) is 5.75. The third-order valence-corrected chi connectivity index (χ3v) is 5.84. The van der Waals surface area contributed by atoms with E-state index in [0.29, 0.717) is 6.61 Å². The molecule has 0 heterocycles. The molecule has 0 atom stereocenters. The van der Waals surface area contributed by atoms with Gasteiger partial charge in [0, 0.05) is 21.3 Å². The van der Waals surface area contributed by atoms with Crippen LogP contribution in [0.15, 0.2) is 22.7 Å². The number of hydrogen-bond donors (Lipinski definition) is 0. The van der Waals surface area contributed by atoms with Crippen molar-refractivity contribution in [3.63, 3.8) is 0 Å². The lowest BCUT2D eigenvalue weighted by molar-refractivity contribution is 0.139. The fourth-order valence-corrected chi connectivity index (χ4v) is 4.29. The maximum absolute atomic E-state index is 5.78. The summed E-state index contributed by atoms with van der Waals surface area (Å²) in [4.78, 5) is 0. The predicted octanol–water partition coefficient (Wildman–Crippen LogP) is 2.32. The number of halogens is 1. The molecule has 0 aromatic heterocycles. The Morgan fingerprint density at radius 1 is 1.11 bits per heavy atom. The van der Waals surface area contributed by atoms with Gasteiger partial charge in [-0.05, 0) is 28.4 Å². The summed E-state index contributed by atoms with van der Waals surface area (Å²) in [5.41, 5.74) is 0. The van der Waals surface area contributed by atoms with Crippen molar-refractivity contribution in [3.05, 3.63) is 22.7 Å². The number of rotatable bonds is 7. The van der Waals surface area contributed by atoms with Crippen LogP contribution in [0.1, 0.15) is 13.3 Å². The minimum Gasteiger partial charge on any atom is -0.492 e. The van der Waals surface area contributed by atoms with E-state index in [1.165, 1.54) is 0 Å². The van der Waals surface area contributed by atoms with Gasteiger partial charge in [0.05, 0.1) is 16.3 Å². The van der Waals surface area contributed by atoms with E-state index in [0.717, 1.165) is 21.8 Å². The molecule has 0 fully saturated rings. The summed E-state index contributed by atoms with van der Waals surface area (Å²) in [5, 5.41) is 0.831. The molecule has 0 saturated carbocycles.